The maximum atomic E-state index is 13.5. The maximum Gasteiger partial charge on any atom is 0.247 e. The molecule has 3 rings (SSSR count). The molecular formula is C24H32N2O2S. The van der Waals surface area contributed by atoms with E-state index in [9.17, 15) is 9.59 Å². The fraction of sp³-hybridized carbons (Fsp3) is 0.500. The topological polar surface area (TPSA) is 49.4 Å². The highest BCUT2D eigenvalue weighted by atomic mass is 32.1. The number of rotatable bonds is 9. The summed E-state index contributed by atoms with van der Waals surface area (Å²) < 4.78 is 0. The van der Waals surface area contributed by atoms with E-state index in [1.54, 1.807) is 11.3 Å². The number of amides is 2. The molecule has 156 valence electrons. The molecule has 2 aromatic rings. The van der Waals surface area contributed by atoms with Gasteiger partial charge in [-0.1, -0.05) is 56.5 Å². The van der Waals surface area contributed by atoms with Gasteiger partial charge in [0.05, 0.1) is 6.42 Å². The molecule has 1 aromatic carbocycles. The van der Waals surface area contributed by atoms with Gasteiger partial charge < -0.3 is 10.2 Å². The molecule has 1 aliphatic rings. The lowest BCUT2D eigenvalue weighted by Crippen LogP contribution is -2.47. The largest absolute Gasteiger partial charge is 0.351 e. The van der Waals surface area contributed by atoms with Crippen LogP contribution in [0.15, 0.2) is 41.8 Å². The molecule has 1 aliphatic carbocycles. The van der Waals surface area contributed by atoms with Crippen molar-refractivity contribution < 1.29 is 9.59 Å². The van der Waals surface area contributed by atoms with Gasteiger partial charge in [-0.3, -0.25) is 9.59 Å². The molecule has 29 heavy (non-hydrogen) atoms. The molecule has 1 saturated carbocycles. The van der Waals surface area contributed by atoms with E-state index in [-0.39, 0.29) is 17.9 Å². The third-order valence-corrected chi connectivity index (χ3v) is 6.60. The summed E-state index contributed by atoms with van der Waals surface area (Å²) >= 11 is 1.59. The number of aryl methyl sites for hydroxylation is 1. The quantitative estimate of drug-likeness (QED) is 0.628. The summed E-state index contributed by atoms with van der Waals surface area (Å²) in [5.41, 5.74) is 1.98. The smallest absolute Gasteiger partial charge is 0.247 e. The summed E-state index contributed by atoms with van der Waals surface area (Å²) in [7, 11) is 0. The first-order valence-electron chi connectivity index (χ1n) is 10.8. The molecule has 0 aliphatic heterocycles. The summed E-state index contributed by atoms with van der Waals surface area (Å²) in [6, 6.07) is 11.6. The number of nitrogens with one attached hydrogen (secondary N) is 1. The van der Waals surface area contributed by atoms with Gasteiger partial charge in [-0.2, -0.15) is 0 Å². The Morgan fingerprint density at radius 3 is 2.59 bits per heavy atom. The van der Waals surface area contributed by atoms with E-state index in [2.05, 4.69) is 12.2 Å². The summed E-state index contributed by atoms with van der Waals surface area (Å²) in [5, 5.41) is 5.24. The minimum Gasteiger partial charge on any atom is -0.351 e. The first kappa shape index (κ1) is 21.6. The van der Waals surface area contributed by atoms with Crippen molar-refractivity contribution in [3.05, 3.63) is 57.8 Å². The van der Waals surface area contributed by atoms with E-state index in [0.29, 0.717) is 13.0 Å². The minimum atomic E-state index is -0.573. The highest BCUT2D eigenvalue weighted by Gasteiger charge is 2.33. The second-order valence-corrected chi connectivity index (χ2v) is 8.98. The molecular weight excluding hydrogens is 380 g/mol. The van der Waals surface area contributed by atoms with Crippen molar-refractivity contribution in [1.29, 1.82) is 0 Å². The van der Waals surface area contributed by atoms with E-state index in [4.69, 9.17) is 0 Å². The first-order chi connectivity index (χ1) is 14.1. The maximum absolute atomic E-state index is 13.5. The highest BCUT2D eigenvalue weighted by Crippen LogP contribution is 2.28. The Labute approximate surface area is 178 Å². The number of hydrogen-bond donors (Lipinski definition) is 1. The fourth-order valence-electron chi connectivity index (χ4n) is 4.08. The Kier molecular flexibility index (Phi) is 7.87. The van der Waals surface area contributed by atoms with Gasteiger partial charge in [0, 0.05) is 17.5 Å². The summed E-state index contributed by atoms with van der Waals surface area (Å²) in [6.45, 7) is 4.73. The van der Waals surface area contributed by atoms with Crippen molar-refractivity contribution in [3.63, 3.8) is 0 Å². The monoisotopic (exact) mass is 412 g/mol. The van der Waals surface area contributed by atoms with E-state index in [0.717, 1.165) is 54.5 Å². The predicted octanol–water partition coefficient (Wildman–Crippen LogP) is 5.03. The molecule has 1 heterocycles. The summed E-state index contributed by atoms with van der Waals surface area (Å²) in [4.78, 5) is 29.7. The van der Waals surface area contributed by atoms with Crippen LogP contribution in [0.1, 0.15) is 67.5 Å². The Balaban J connectivity index is 1.91. The third-order valence-electron chi connectivity index (χ3n) is 5.72. The summed E-state index contributed by atoms with van der Waals surface area (Å²) in [5.74, 6) is -0.0162. The zero-order valence-corrected chi connectivity index (χ0v) is 18.3. The number of thiophene rings is 1. The Hall–Kier alpha value is -2.14. The number of nitrogens with zero attached hydrogens (tertiary/aromatic N) is 1. The average Bonchev–Trinajstić information content (AvgIpc) is 3.40. The first-order valence-corrected chi connectivity index (χ1v) is 11.7. The van der Waals surface area contributed by atoms with Gasteiger partial charge in [0.2, 0.25) is 11.8 Å². The molecule has 0 unspecified atom stereocenters. The molecule has 1 fully saturated rings. The molecule has 2 amide bonds. The van der Waals surface area contributed by atoms with E-state index < -0.39 is 6.04 Å². The van der Waals surface area contributed by atoms with E-state index in [1.807, 2.05) is 53.6 Å². The zero-order valence-electron chi connectivity index (χ0n) is 17.5. The minimum absolute atomic E-state index is 0.0238. The molecule has 1 aromatic heterocycles. The van der Waals surface area contributed by atoms with Crippen LogP contribution in [0.4, 0.5) is 0 Å². The Bertz CT molecular complexity index is 797. The Morgan fingerprint density at radius 1 is 1.17 bits per heavy atom. The number of benzene rings is 1. The number of carbonyl (C=O) groups excluding carboxylic acids is 2. The molecule has 0 spiro atoms. The molecule has 0 saturated heterocycles. The Morgan fingerprint density at radius 2 is 1.93 bits per heavy atom. The molecule has 5 heteroatoms. The van der Waals surface area contributed by atoms with Crippen molar-refractivity contribution in [2.24, 2.45) is 0 Å². The van der Waals surface area contributed by atoms with Gasteiger partial charge in [-0.25, -0.2) is 0 Å². The number of hydrogen-bond acceptors (Lipinski definition) is 3. The molecule has 0 radical (unpaired) electrons. The lowest BCUT2D eigenvalue weighted by molar-refractivity contribution is -0.140. The molecule has 1 N–H and O–H groups in total. The SMILES string of the molecule is CCCCN(C(=O)Cc1cccs1)[C@H](C(=O)NC1CCCC1)c1ccccc1C. The second kappa shape index (κ2) is 10.6. The summed E-state index contributed by atoms with van der Waals surface area (Å²) in [6.07, 6.45) is 6.60. The van der Waals surface area contributed by atoms with Crippen LogP contribution in [0, 0.1) is 6.92 Å². The molecule has 1 atom stereocenters. The van der Waals surface area contributed by atoms with Gasteiger partial charge in [0.1, 0.15) is 6.04 Å². The van der Waals surface area contributed by atoms with E-state index in [1.165, 1.54) is 0 Å². The normalized spacial score (nSPS) is 15.2. The molecule has 4 nitrogen and oxygen atoms in total. The van der Waals surface area contributed by atoms with Crippen LogP contribution >= 0.6 is 11.3 Å². The average molecular weight is 413 g/mol. The highest BCUT2D eigenvalue weighted by molar-refractivity contribution is 7.10. The van der Waals surface area contributed by atoms with Crippen molar-refractivity contribution in [2.75, 3.05) is 6.54 Å². The fourth-order valence-corrected chi connectivity index (χ4v) is 4.78. The van der Waals surface area contributed by atoms with Crippen molar-refractivity contribution >= 4 is 23.2 Å². The van der Waals surface area contributed by atoms with Gasteiger partial charge in [-0.15, -0.1) is 11.3 Å². The zero-order chi connectivity index (χ0) is 20.6. The standard InChI is InChI=1S/C24H32N2O2S/c1-3-4-15-26(22(27)17-20-13-9-16-29-20)23(21-14-8-5-10-18(21)2)24(28)25-19-11-6-7-12-19/h5,8-10,13-14,16,19,23H,3-4,6-7,11-12,15,17H2,1-2H3,(H,25,28)/t23-/m0/s1. The van der Waals surface area contributed by atoms with Crippen molar-refractivity contribution in [2.45, 2.75) is 70.9 Å². The van der Waals surface area contributed by atoms with Gasteiger partial charge in [0.15, 0.2) is 0 Å². The lowest BCUT2D eigenvalue weighted by atomic mass is 9.97. The van der Waals surface area contributed by atoms with Crippen molar-refractivity contribution in [3.8, 4) is 0 Å². The van der Waals surface area contributed by atoms with Gasteiger partial charge >= 0.3 is 0 Å². The van der Waals surface area contributed by atoms with E-state index >= 15 is 0 Å². The lowest BCUT2D eigenvalue weighted by Gasteiger charge is -2.33. The van der Waals surface area contributed by atoms with Crippen LogP contribution in [0.25, 0.3) is 0 Å². The van der Waals surface area contributed by atoms with Crippen LogP contribution < -0.4 is 5.32 Å². The van der Waals surface area contributed by atoms with Crippen molar-refractivity contribution in [1.82, 2.24) is 10.2 Å². The van der Waals surface area contributed by atoms with Crippen LogP contribution in [0.3, 0.4) is 0 Å². The number of carbonyl (C=O) groups is 2. The van der Waals surface area contributed by atoms with Crippen LogP contribution in [0.5, 0.6) is 0 Å². The second-order valence-electron chi connectivity index (χ2n) is 7.95. The third kappa shape index (κ3) is 5.69. The van der Waals surface area contributed by atoms with Crippen LogP contribution in [0.2, 0.25) is 0 Å². The molecule has 0 bridgehead atoms. The number of unbranched alkanes of at least 4 members (excludes halogenated alkanes) is 1. The van der Waals surface area contributed by atoms with Gasteiger partial charge in [0.25, 0.3) is 0 Å². The van der Waals surface area contributed by atoms with Gasteiger partial charge in [-0.05, 0) is 48.8 Å². The van der Waals surface area contributed by atoms with Crippen LogP contribution in [-0.2, 0) is 16.0 Å². The van der Waals surface area contributed by atoms with Crippen LogP contribution in [-0.4, -0.2) is 29.3 Å². The predicted molar refractivity (Wildman–Crippen MR) is 119 cm³/mol.